The molecule has 25 heavy (non-hydrogen) atoms. The SMILES string of the molecule is CCC(C(=O)Nc1cccc(Oc2ccncc2)c1)c1ccccc1. The fourth-order valence-corrected chi connectivity index (χ4v) is 2.67. The van der Waals surface area contributed by atoms with Crippen LogP contribution in [0.15, 0.2) is 79.1 Å². The summed E-state index contributed by atoms with van der Waals surface area (Å²) in [7, 11) is 0. The van der Waals surface area contributed by atoms with Crippen molar-refractivity contribution in [3.8, 4) is 11.5 Å². The molecular weight excluding hydrogens is 312 g/mol. The summed E-state index contributed by atoms with van der Waals surface area (Å²) in [5.74, 6) is 1.17. The molecule has 1 aromatic heterocycles. The van der Waals surface area contributed by atoms with Gasteiger partial charge in [-0.3, -0.25) is 9.78 Å². The van der Waals surface area contributed by atoms with Gasteiger partial charge in [-0.2, -0.15) is 0 Å². The van der Waals surface area contributed by atoms with Crippen molar-refractivity contribution in [3.05, 3.63) is 84.7 Å². The molecule has 4 heteroatoms. The van der Waals surface area contributed by atoms with E-state index in [4.69, 9.17) is 4.74 Å². The molecule has 0 aliphatic rings. The third kappa shape index (κ3) is 4.44. The molecule has 4 nitrogen and oxygen atoms in total. The smallest absolute Gasteiger partial charge is 0.231 e. The van der Waals surface area contributed by atoms with Crippen molar-refractivity contribution in [2.45, 2.75) is 19.3 Å². The number of carbonyl (C=O) groups excluding carboxylic acids is 1. The van der Waals surface area contributed by atoms with E-state index in [1.165, 1.54) is 0 Å². The van der Waals surface area contributed by atoms with Gasteiger partial charge in [0.15, 0.2) is 0 Å². The van der Waals surface area contributed by atoms with Crippen LogP contribution < -0.4 is 10.1 Å². The van der Waals surface area contributed by atoms with E-state index < -0.39 is 0 Å². The van der Waals surface area contributed by atoms with E-state index in [0.717, 1.165) is 12.0 Å². The molecule has 1 N–H and O–H groups in total. The summed E-state index contributed by atoms with van der Waals surface area (Å²) < 4.78 is 5.78. The molecule has 0 spiro atoms. The summed E-state index contributed by atoms with van der Waals surface area (Å²) >= 11 is 0. The summed E-state index contributed by atoms with van der Waals surface area (Å²) in [6.07, 6.45) is 4.09. The summed E-state index contributed by atoms with van der Waals surface area (Å²) in [5, 5.41) is 2.99. The lowest BCUT2D eigenvalue weighted by Crippen LogP contribution is -2.20. The average molecular weight is 332 g/mol. The molecule has 3 aromatic rings. The number of rotatable bonds is 6. The lowest BCUT2D eigenvalue weighted by atomic mass is 9.95. The normalized spacial score (nSPS) is 11.6. The quantitative estimate of drug-likeness (QED) is 0.690. The topological polar surface area (TPSA) is 51.2 Å². The Balaban J connectivity index is 1.72. The van der Waals surface area contributed by atoms with Gasteiger partial charge in [-0.1, -0.05) is 43.3 Å². The number of carbonyl (C=O) groups is 1. The van der Waals surface area contributed by atoms with Crippen molar-refractivity contribution in [2.24, 2.45) is 0 Å². The van der Waals surface area contributed by atoms with Crippen LogP contribution in [0, 0.1) is 0 Å². The van der Waals surface area contributed by atoms with Gasteiger partial charge in [0.1, 0.15) is 11.5 Å². The zero-order chi connectivity index (χ0) is 17.5. The van der Waals surface area contributed by atoms with Crippen LogP contribution in [0.25, 0.3) is 0 Å². The van der Waals surface area contributed by atoms with Gasteiger partial charge in [0.2, 0.25) is 5.91 Å². The molecule has 0 aliphatic carbocycles. The number of ether oxygens (including phenoxy) is 1. The number of anilines is 1. The van der Waals surface area contributed by atoms with Crippen LogP contribution in [-0.2, 0) is 4.79 Å². The molecule has 0 saturated heterocycles. The van der Waals surface area contributed by atoms with Gasteiger partial charge in [0, 0.05) is 24.1 Å². The monoisotopic (exact) mass is 332 g/mol. The number of aromatic nitrogens is 1. The zero-order valence-electron chi connectivity index (χ0n) is 14.1. The Hall–Kier alpha value is -3.14. The van der Waals surface area contributed by atoms with Crippen LogP contribution in [0.2, 0.25) is 0 Å². The second-order valence-corrected chi connectivity index (χ2v) is 5.67. The number of benzene rings is 2. The fourth-order valence-electron chi connectivity index (χ4n) is 2.67. The van der Waals surface area contributed by atoms with Gasteiger partial charge in [-0.05, 0) is 36.2 Å². The molecule has 1 atom stereocenters. The highest BCUT2D eigenvalue weighted by Crippen LogP contribution is 2.25. The van der Waals surface area contributed by atoms with Gasteiger partial charge in [-0.25, -0.2) is 0 Å². The second-order valence-electron chi connectivity index (χ2n) is 5.67. The van der Waals surface area contributed by atoms with Gasteiger partial charge in [0.05, 0.1) is 5.92 Å². The largest absolute Gasteiger partial charge is 0.457 e. The van der Waals surface area contributed by atoms with E-state index in [-0.39, 0.29) is 11.8 Å². The number of hydrogen-bond donors (Lipinski definition) is 1. The summed E-state index contributed by atoms with van der Waals surface area (Å²) in [6.45, 7) is 2.01. The predicted octanol–water partition coefficient (Wildman–Crippen LogP) is 5.01. The highest BCUT2D eigenvalue weighted by Gasteiger charge is 2.18. The number of nitrogens with one attached hydrogen (secondary N) is 1. The van der Waals surface area contributed by atoms with Gasteiger partial charge in [-0.15, -0.1) is 0 Å². The molecule has 3 rings (SSSR count). The molecule has 1 heterocycles. The minimum absolute atomic E-state index is 0.0187. The molecule has 0 radical (unpaired) electrons. The molecule has 126 valence electrons. The van der Waals surface area contributed by atoms with Crippen molar-refractivity contribution in [1.29, 1.82) is 0 Å². The van der Waals surface area contributed by atoms with Crippen molar-refractivity contribution >= 4 is 11.6 Å². The molecule has 0 bridgehead atoms. The van der Waals surface area contributed by atoms with Crippen LogP contribution in [0.3, 0.4) is 0 Å². The maximum Gasteiger partial charge on any atom is 0.231 e. The molecule has 1 amide bonds. The zero-order valence-corrected chi connectivity index (χ0v) is 14.1. The van der Waals surface area contributed by atoms with Crippen LogP contribution in [0.1, 0.15) is 24.8 Å². The summed E-state index contributed by atoms with van der Waals surface area (Å²) in [4.78, 5) is 16.6. The van der Waals surface area contributed by atoms with Crippen molar-refractivity contribution in [3.63, 3.8) is 0 Å². The maximum absolute atomic E-state index is 12.7. The number of pyridine rings is 1. The molecule has 1 unspecified atom stereocenters. The van der Waals surface area contributed by atoms with Crippen molar-refractivity contribution < 1.29 is 9.53 Å². The standard InChI is InChI=1S/C21H20N2O2/c1-2-20(16-7-4-3-5-8-16)21(24)23-17-9-6-10-19(15-17)25-18-11-13-22-14-12-18/h3-15,20H,2H2,1H3,(H,23,24). The van der Waals surface area contributed by atoms with Gasteiger partial charge >= 0.3 is 0 Å². The number of nitrogens with zero attached hydrogens (tertiary/aromatic N) is 1. The Morgan fingerprint density at radius 3 is 2.48 bits per heavy atom. The molecule has 2 aromatic carbocycles. The first-order valence-electron chi connectivity index (χ1n) is 8.30. The highest BCUT2D eigenvalue weighted by molar-refractivity contribution is 5.96. The Morgan fingerprint density at radius 2 is 1.76 bits per heavy atom. The van der Waals surface area contributed by atoms with E-state index in [0.29, 0.717) is 17.2 Å². The maximum atomic E-state index is 12.7. The molecule has 0 aliphatic heterocycles. The average Bonchev–Trinajstić information content (AvgIpc) is 2.64. The van der Waals surface area contributed by atoms with Crippen LogP contribution >= 0.6 is 0 Å². The Kier molecular flexibility index (Phi) is 5.42. The number of hydrogen-bond acceptors (Lipinski definition) is 3. The number of amides is 1. The van der Waals surface area contributed by atoms with Gasteiger partial charge in [0.25, 0.3) is 0 Å². The Morgan fingerprint density at radius 1 is 1.00 bits per heavy atom. The third-order valence-corrected chi connectivity index (χ3v) is 3.91. The first-order chi connectivity index (χ1) is 12.3. The van der Waals surface area contributed by atoms with E-state index in [2.05, 4.69) is 10.3 Å². The van der Waals surface area contributed by atoms with Gasteiger partial charge < -0.3 is 10.1 Å². The summed E-state index contributed by atoms with van der Waals surface area (Å²) in [5.41, 5.74) is 1.73. The lowest BCUT2D eigenvalue weighted by molar-refractivity contribution is -0.117. The van der Waals surface area contributed by atoms with E-state index >= 15 is 0 Å². The van der Waals surface area contributed by atoms with Crippen LogP contribution in [0.4, 0.5) is 5.69 Å². The first kappa shape index (κ1) is 16.7. The Bertz CT molecular complexity index is 820. The van der Waals surface area contributed by atoms with E-state index in [1.807, 2.05) is 61.5 Å². The van der Waals surface area contributed by atoms with Crippen LogP contribution in [-0.4, -0.2) is 10.9 Å². The minimum Gasteiger partial charge on any atom is -0.457 e. The fraction of sp³-hybridized carbons (Fsp3) is 0.143. The second kappa shape index (κ2) is 8.11. The molecular formula is C21H20N2O2. The molecule has 0 saturated carbocycles. The lowest BCUT2D eigenvalue weighted by Gasteiger charge is -2.16. The van der Waals surface area contributed by atoms with Crippen molar-refractivity contribution in [1.82, 2.24) is 4.98 Å². The third-order valence-electron chi connectivity index (χ3n) is 3.91. The predicted molar refractivity (Wildman–Crippen MR) is 98.9 cm³/mol. The molecule has 0 fully saturated rings. The van der Waals surface area contributed by atoms with Crippen LogP contribution in [0.5, 0.6) is 11.5 Å². The minimum atomic E-state index is -0.175. The van der Waals surface area contributed by atoms with E-state index in [1.54, 1.807) is 24.5 Å². The highest BCUT2D eigenvalue weighted by atomic mass is 16.5. The first-order valence-corrected chi connectivity index (χ1v) is 8.30. The Labute approximate surface area is 147 Å². The van der Waals surface area contributed by atoms with Crippen molar-refractivity contribution in [2.75, 3.05) is 5.32 Å². The summed E-state index contributed by atoms with van der Waals surface area (Å²) in [6, 6.07) is 20.8. The van der Waals surface area contributed by atoms with E-state index in [9.17, 15) is 4.79 Å².